The van der Waals surface area contributed by atoms with E-state index in [1.165, 1.54) is 12.1 Å². The summed E-state index contributed by atoms with van der Waals surface area (Å²) >= 11 is 0. The van der Waals surface area contributed by atoms with Crippen LogP contribution in [0.4, 0.5) is 8.78 Å². The molecule has 2 aromatic heterocycles. The van der Waals surface area contributed by atoms with Crippen molar-refractivity contribution in [3.8, 4) is 0 Å². The molecule has 3 fully saturated rings. The molecule has 1 amide bonds. The van der Waals surface area contributed by atoms with Gasteiger partial charge in [-0.1, -0.05) is 0 Å². The molecule has 0 aliphatic heterocycles. The van der Waals surface area contributed by atoms with Gasteiger partial charge in [0.1, 0.15) is 22.7 Å². The van der Waals surface area contributed by atoms with Crippen molar-refractivity contribution in [1.82, 2.24) is 20.1 Å². The van der Waals surface area contributed by atoms with Gasteiger partial charge in [0.2, 0.25) is 5.91 Å². The predicted octanol–water partition coefficient (Wildman–Crippen LogP) is 3.78. The van der Waals surface area contributed by atoms with Crippen LogP contribution in [-0.2, 0) is 11.3 Å². The number of amides is 1. The van der Waals surface area contributed by atoms with E-state index < -0.39 is 23.1 Å². The molecule has 8 heteroatoms. The molecular weight excluding hydrogens is 388 g/mol. The lowest BCUT2D eigenvalue weighted by molar-refractivity contribution is -0.214. The van der Waals surface area contributed by atoms with E-state index in [4.69, 9.17) is 5.41 Å². The molecule has 0 radical (unpaired) electrons. The van der Waals surface area contributed by atoms with E-state index in [0.717, 1.165) is 49.1 Å². The highest BCUT2D eigenvalue weighted by Gasteiger charge is 2.71. The fraction of sp³-hybridized carbons (Fsp3) is 0.364. The maximum absolute atomic E-state index is 13.6. The number of hydrogen-bond donors (Lipinski definition) is 2. The van der Waals surface area contributed by atoms with Crippen molar-refractivity contribution in [3.63, 3.8) is 0 Å². The highest BCUT2D eigenvalue weighted by Crippen LogP contribution is 2.74. The highest BCUT2D eigenvalue weighted by atomic mass is 19.1. The molecule has 0 saturated heterocycles. The molecule has 2 N–H and O–H groups in total. The van der Waals surface area contributed by atoms with Crippen molar-refractivity contribution in [3.05, 3.63) is 59.9 Å². The first-order chi connectivity index (χ1) is 14.4. The number of fused-ring (bicyclic) bond motifs is 1. The van der Waals surface area contributed by atoms with E-state index >= 15 is 0 Å². The Labute approximate surface area is 171 Å². The SMILES string of the molecule is N=CCC(NC(=O)C12CC(Cn3cc4ncccc4n3)(C1)C2)c1cc(F)cc(F)c1. The molecule has 1 aromatic carbocycles. The van der Waals surface area contributed by atoms with E-state index in [2.05, 4.69) is 15.4 Å². The van der Waals surface area contributed by atoms with Gasteiger partial charge in [0, 0.05) is 25.2 Å². The lowest BCUT2D eigenvalue weighted by Crippen LogP contribution is -2.69. The Morgan fingerprint density at radius 1 is 1.23 bits per heavy atom. The van der Waals surface area contributed by atoms with E-state index in [0.29, 0.717) is 5.56 Å². The summed E-state index contributed by atoms with van der Waals surface area (Å²) in [6.45, 7) is 0.747. The monoisotopic (exact) mass is 409 g/mol. The van der Waals surface area contributed by atoms with Gasteiger partial charge in [0.05, 0.1) is 17.7 Å². The lowest BCUT2D eigenvalue weighted by atomic mass is 9.35. The number of halogens is 2. The van der Waals surface area contributed by atoms with Gasteiger partial charge < -0.3 is 10.7 Å². The second-order valence-electron chi connectivity index (χ2n) is 8.71. The van der Waals surface area contributed by atoms with Crippen molar-refractivity contribution in [2.75, 3.05) is 0 Å². The van der Waals surface area contributed by atoms with Crippen molar-refractivity contribution < 1.29 is 13.6 Å². The number of carbonyl (C=O) groups excluding carboxylic acids is 1. The number of benzene rings is 1. The van der Waals surface area contributed by atoms with Crippen LogP contribution in [0.3, 0.4) is 0 Å². The lowest BCUT2D eigenvalue weighted by Gasteiger charge is -2.69. The van der Waals surface area contributed by atoms with Gasteiger partial charge in [-0.15, -0.1) is 0 Å². The summed E-state index contributed by atoms with van der Waals surface area (Å²) in [7, 11) is 0. The van der Waals surface area contributed by atoms with E-state index in [-0.39, 0.29) is 17.7 Å². The van der Waals surface area contributed by atoms with Gasteiger partial charge in [-0.25, -0.2) is 8.78 Å². The Morgan fingerprint density at radius 2 is 1.97 bits per heavy atom. The molecule has 3 aliphatic carbocycles. The minimum Gasteiger partial charge on any atom is -0.348 e. The standard InChI is InChI=1S/C22H21F2N5O/c23-15-6-14(7-16(24)8-15)17(3-4-25)27-20(30)22-10-21(11-22,12-22)13-29-9-19-18(28-29)2-1-5-26-19/h1-2,4-9,17,25H,3,10-13H2,(H,27,30). The summed E-state index contributed by atoms with van der Waals surface area (Å²) in [6, 6.07) is 6.37. The summed E-state index contributed by atoms with van der Waals surface area (Å²) in [5.74, 6) is -1.49. The third-order valence-electron chi connectivity index (χ3n) is 6.39. The number of hydrogen-bond acceptors (Lipinski definition) is 4. The number of aromatic nitrogens is 3. The quantitative estimate of drug-likeness (QED) is 0.583. The zero-order chi connectivity index (χ0) is 20.9. The average molecular weight is 409 g/mol. The third-order valence-corrected chi connectivity index (χ3v) is 6.39. The fourth-order valence-corrected chi connectivity index (χ4v) is 5.22. The maximum Gasteiger partial charge on any atom is 0.226 e. The predicted molar refractivity (Wildman–Crippen MR) is 107 cm³/mol. The van der Waals surface area contributed by atoms with Gasteiger partial charge in [-0.3, -0.25) is 14.5 Å². The largest absolute Gasteiger partial charge is 0.348 e. The van der Waals surface area contributed by atoms with Gasteiger partial charge in [0.25, 0.3) is 0 Å². The van der Waals surface area contributed by atoms with Crippen molar-refractivity contribution in [1.29, 1.82) is 5.41 Å². The normalized spacial score (nSPS) is 25.3. The van der Waals surface area contributed by atoms with Crippen LogP contribution in [0.2, 0.25) is 0 Å². The molecule has 2 bridgehead atoms. The molecule has 1 atom stereocenters. The molecule has 2 heterocycles. The van der Waals surface area contributed by atoms with Crippen LogP contribution >= 0.6 is 0 Å². The Balaban J connectivity index is 1.25. The first kappa shape index (κ1) is 18.8. The number of carbonyl (C=O) groups is 1. The Bertz CT molecular complexity index is 1080. The number of nitrogens with one attached hydrogen (secondary N) is 2. The van der Waals surface area contributed by atoms with Crippen LogP contribution in [0.1, 0.15) is 37.3 Å². The maximum atomic E-state index is 13.6. The van der Waals surface area contributed by atoms with Gasteiger partial charge >= 0.3 is 0 Å². The average Bonchev–Trinajstić information content (AvgIpc) is 3.04. The minimum atomic E-state index is -0.695. The molecule has 6 rings (SSSR count). The summed E-state index contributed by atoms with van der Waals surface area (Å²) in [5.41, 5.74) is 1.70. The van der Waals surface area contributed by atoms with Crippen molar-refractivity contribution in [2.24, 2.45) is 10.8 Å². The summed E-state index contributed by atoms with van der Waals surface area (Å²) in [6.07, 6.45) is 7.31. The number of nitrogens with zero attached hydrogens (tertiary/aromatic N) is 3. The molecule has 3 aliphatic rings. The van der Waals surface area contributed by atoms with E-state index in [1.54, 1.807) is 6.20 Å². The van der Waals surface area contributed by atoms with Crippen molar-refractivity contribution >= 4 is 23.2 Å². The molecule has 154 valence electrons. The van der Waals surface area contributed by atoms with Crippen LogP contribution in [0.15, 0.2) is 42.7 Å². The zero-order valence-electron chi connectivity index (χ0n) is 16.2. The van der Waals surface area contributed by atoms with E-state index in [1.807, 2.05) is 23.0 Å². The van der Waals surface area contributed by atoms with Crippen LogP contribution in [0.25, 0.3) is 11.0 Å². The minimum absolute atomic E-state index is 0.0708. The Hall–Kier alpha value is -3.16. The first-order valence-corrected chi connectivity index (χ1v) is 9.95. The molecular formula is C22H21F2N5O. The van der Waals surface area contributed by atoms with Crippen LogP contribution < -0.4 is 5.32 Å². The summed E-state index contributed by atoms with van der Waals surface area (Å²) in [5, 5.41) is 14.9. The zero-order valence-corrected chi connectivity index (χ0v) is 16.2. The molecule has 30 heavy (non-hydrogen) atoms. The van der Waals surface area contributed by atoms with Crippen molar-refractivity contribution in [2.45, 2.75) is 38.3 Å². The third kappa shape index (κ3) is 3.07. The second kappa shape index (κ2) is 6.68. The Morgan fingerprint density at radius 3 is 2.63 bits per heavy atom. The molecule has 1 unspecified atom stereocenters. The Kier molecular flexibility index (Phi) is 4.20. The smallest absolute Gasteiger partial charge is 0.226 e. The van der Waals surface area contributed by atoms with Gasteiger partial charge in [0.15, 0.2) is 0 Å². The number of pyridine rings is 1. The van der Waals surface area contributed by atoms with Crippen LogP contribution in [-0.4, -0.2) is 26.9 Å². The van der Waals surface area contributed by atoms with Crippen LogP contribution in [0, 0.1) is 27.9 Å². The number of rotatable bonds is 7. The van der Waals surface area contributed by atoms with E-state index in [9.17, 15) is 13.6 Å². The summed E-state index contributed by atoms with van der Waals surface area (Å²) in [4.78, 5) is 17.2. The van der Waals surface area contributed by atoms with Crippen LogP contribution in [0.5, 0.6) is 0 Å². The molecule has 3 saturated carbocycles. The molecule has 6 nitrogen and oxygen atoms in total. The second-order valence-corrected chi connectivity index (χ2v) is 8.71. The van der Waals surface area contributed by atoms with Gasteiger partial charge in [-0.2, -0.15) is 5.10 Å². The first-order valence-electron chi connectivity index (χ1n) is 9.95. The topological polar surface area (TPSA) is 83.7 Å². The highest BCUT2D eigenvalue weighted by molar-refractivity contribution is 5.87. The summed E-state index contributed by atoms with van der Waals surface area (Å²) < 4.78 is 29.1. The fourth-order valence-electron chi connectivity index (χ4n) is 5.22. The van der Waals surface area contributed by atoms with Gasteiger partial charge in [-0.05, 0) is 60.7 Å². The molecule has 0 spiro atoms. The molecule has 3 aromatic rings.